The van der Waals surface area contributed by atoms with Crippen molar-refractivity contribution in [2.45, 2.75) is 6.92 Å². The highest BCUT2D eigenvalue weighted by Crippen LogP contribution is 2.35. The van der Waals surface area contributed by atoms with Crippen LogP contribution in [0, 0.1) is 6.92 Å². The third kappa shape index (κ3) is 2.30. The van der Waals surface area contributed by atoms with Crippen LogP contribution in [-0.4, -0.2) is 26.3 Å². The molecule has 0 bridgehead atoms. The number of ether oxygens (including phenoxy) is 2. The molecule has 122 valence electrons. The second kappa shape index (κ2) is 5.31. The molecule has 0 N–H and O–H groups in total. The Hall–Kier alpha value is -3.41. The molecule has 0 spiro atoms. The first kappa shape index (κ1) is 14.0. The van der Waals surface area contributed by atoms with Crippen LogP contribution in [0.25, 0.3) is 28.0 Å². The van der Waals surface area contributed by atoms with Crippen LogP contribution >= 0.6 is 0 Å². The van der Waals surface area contributed by atoms with Crippen LogP contribution in [0.3, 0.4) is 0 Å². The second-order valence-corrected chi connectivity index (χ2v) is 5.85. The van der Waals surface area contributed by atoms with E-state index in [1.165, 1.54) is 0 Å². The van der Waals surface area contributed by atoms with Crippen LogP contribution in [0.2, 0.25) is 0 Å². The maximum Gasteiger partial charge on any atom is 0.231 e. The molecule has 0 aliphatic carbocycles. The molecule has 1 aliphatic rings. The molecule has 5 rings (SSSR count). The fourth-order valence-corrected chi connectivity index (χ4v) is 3.00. The van der Waals surface area contributed by atoms with Gasteiger partial charge in [0.15, 0.2) is 17.3 Å². The Morgan fingerprint density at radius 3 is 2.80 bits per heavy atom. The van der Waals surface area contributed by atoms with Crippen LogP contribution in [-0.2, 0) is 0 Å². The number of hydrogen-bond donors (Lipinski definition) is 0. The van der Waals surface area contributed by atoms with E-state index in [-0.39, 0.29) is 6.79 Å². The van der Waals surface area contributed by atoms with Gasteiger partial charge in [0.2, 0.25) is 6.79 Å². The summed E-state index contributed by atoms with van der Waals surface area (Å²) in [6.45, 7) is 2.23. The number of nitrogens with zero attached hydrogens (tertiary/aromatic N) is 4. The molecule has 25 heavy (non-hydrogen) atoms. The van der Waals surface area contributed by atoms with Gasteiger partial charge in [-0.25, -0.2) is 15.0 Å². The Labute approximate surface area is 143 Å². The molecule has 2 aromatic carbocycles. The molecule has 1 aliphatic heterocycles. The van der Waals surface area contributed by atoms with Gasteiger partial charge in [-0.05, 0) is 43.3 Å². The number of benzene rings is 2. The van der Waals surface area contributed by atoms with Gasteiger partial charge in [0.1, 0.15) is 5.82 Å². The van der Waals surface area contributed by atoms with E-state index in [9.17, 15) is 0 Å². The predicted octanol–water partition coefficient (Wildman–Crippen LogP) is 3.52. The average molecular weight is 330 g/mol. The van der Waals surface area contributed by atoms with Crippen LogP contribution in [0.15, 0.2) is 55.0 Å². The van der Waals surface area contributed by atoms with Crippen molar-refractivity contribution in [2.24, 2.45) is 0 Å². The minimum Gasteiger partial charge on any atom is -0.454 e. The minimum atomic E-state index is 0.258. The zero-order chi connectivity index (χ0) is 16.8. The topological polar surface area (TPSA) is 62.1 Å². The van der Waals surface area contributed by atoms with E-state index >= 15 is 0 Å². The summed E-state index contributed by atoms with van der Waals surface area (Å²) in [5, 5.41) is 0.982. The molecule has 0 saturated heterocycles. The van der Waals surface area contributed by atoms with Gasteiger partial charge in [-0.2, -0.15) is 0 Å². The Kier molecular flexibility index (Phi) is 2.97. The maximum absolute atomic E-state index is 5.43. The van der Waals surface area contributed by atoms with Gasteiger partial charge in [0.25, 0.3) is 0 Å². The number of fused-ring (bicyclic) bond motifs is 2. The van der Waals surface area contributed by atoms with Gasteiger partial charge in [-0.3, -0.25) is 0 Å². The van der Waals surface area contributed by atoms with Gasteiger partial charge in [0, 0.05) is 35.2 Å². The quantitative estimate of drug-likeness (QED) is 0.563. The van der Waals surface area contributed by atoms with Crippen LogP contribution < -0.4 is 9.47 Å². The van der Waals surface area contributed by atoms with Gasteiger partial charge in [-0.15, -0.1) is 0 Å². The molecule has 0 atom stereocenters. The predicted molar refractivity (Wildman–Crippen MR) is 93.0 cm³/mol. The van der Waals surface area contributed by atoms with Crippen molar-refractivity contribution < 1.29 is 9.47 Å². The van der Waals surface area contributed by atoms with E-state index in [0.29, 0.717) is 5.82 Å². The van der Waals surface area contributed by atoms with Crippen molar-refractivity contribution in [3.63, 3.8) is 0 Å². The number of aryl methyl sites for hydroxylation is 1. The van der Waals surface area contributed by atoms with Crippen molar-refractivity contribution in [3.05, 3.63) is 60.8 Å². The molecule has 0 saturated carbocycles. The summed E-state index contributed by atoms with van der Waals surface area (Å²) in [6, 6.07) is 11.8. The first-order chi connectivity index (χ1) is 12.3. The Bertz CT molecular complexity index is 1100. The van der Waals surface area contributed by atoms with Crippen molar-refractivity contribution >= 4 is 10.9 Å². The van der Waals surface area contributed by atoms with Crippen molar-refractivity contribution in [3.8, 4) is 28.6 Å². The fourth-order valence-electron chi connectivity index (χ4n) is 3.00. The zero-order valence-corrected chi connectivity index (χ0v) is 13.5. The monoisotopic (exact) mass is 330 g/mol. The van der Waals surface area contributed by atoms with Crippen LogP contribution in [0.5, 0.6) is 11.5 Å². The second-order valence-electron chi connectivity index (χ2n) is 5.85. The first-order valence-electron chi connectivity index (χ1n) is 7.95. The maximum atomic E-state index is 5.43. The number of hydrogen-bond acceptors (Lipinski definition) is 5. The largest absolute Gasteiger partial charge is 0.454 e. The molecule has 6 heteroatoms. The highest BCUT2D eigenvalue weighted by atomic mass is 16.7. The molecular weight excluding hydrogens is 316 g/mol. The summed E-state index contributed by atoms with van der Waals surface area (Å²) in [5.74, 6) is 3.09. The summed E-state index contributed by atoms with van der Waals surface area (Å²) < 4.78 is 12.8. The van der Waals surface area contributed by atoms with Crippen molar-refractivity contribution in [2.75, 3.05) is 6.79 Å². The molecule has 4 aromatic rings. The van der Waals surface area contributed by atoms with Crippen molar-refractivity contribution in [1.29, 1.82) is 0 Å². The normalized spacial score (nSPS) is 12.7. The number of rotatable bonds is 2. The summed E-state index contributed by atoms with van der Waals surface area (Å²) >= 11 is 0. The minimum absolute atomic E-state index is 0.258. The average Bonchev–Trinajstić information content (AvgIpc) is 3.28. The molecule has 0 radical (unpaired) electrons. The smallest absolute Gasteiger partial charge is 0.231 e. The summed E-state index contributed by atoms with van der Waals surface area (Å²) in [7, 11) is 0. The lowest BCUT2D eigenvalue weighted by Gasteiger charge is -2.07. The molecule has 0 unspecified atom stereocenters. The van der Waals surface area contributed by atoms with Crippen LogP contribution in [0.1, 0.15) is 5.82 Å². The van der Waals surface area contributed by atoms with Crippen LogP contribution in [0.4, 0.5) is 0 Å². The van der Waals surface area contributed by atoms with E-state index in [1.54, 1.807) is 6.20 Å². The Balaban J connectivity index is 1.57. The third-order valence-electron chi connectivity index (χ3n) is 4.30. The number of aromatic nitrogens is 4. The lowest BCUT2D eigenvalue weighted by Crippen LogP contribution is -1.96. The molecule has 6 nitrogen and oxygen atoms in total. The lowest BCUT2D eigenvalue weighted by molar-refractivity contribution is 0.174. The summed E-state index contributed by atoms with van der Waals surface area (Å²) in [5.41, 5.74) is 2.84. The standard InChI is InChI=1S/C19H14N4O2/c1-12-20-6-7-23(12)15-3-4-16-14(8-15)10-21-19(22-16)13-2-5-17-18(9-13)25-11-24-17/h2-10H,11H2,1H3. The lowest BCUT2D eigenvalue weighted by atomic mass is 10.1. The highest BCUT2D eigenvalue weighted by Gasteiger charge is 2.15. The summed E-state index contributed by atoms with van der Waals surface area (Å²) in [4.78, 5) is 13.5. The molecule has 2 aromatic heterocycles. The molecule has 0 fully saturated rings. The number of imidazole rings is 1. The zero-order valence-electron chi connectivity index (χ0n) is 13.5. The SMILES string of the molecule is Cc1nccn1-c1ccc2nc(-c3ccc4c(c3)OCO4)ncc2c1. The van der Waals surface area contributed by atoms with Crippen molar-refractivity contribution in [1.82, 2.24) is 19.5 Å². The van der Waals surface area contributed by atoms with E-state index in [1.807, 2.05) is 54.2 Å². The highest BCUT2D eigenvalue weighted by molar-refractivity contribution is 5.82. The summed E-state index contributed by atoms with van der Waals surface area (Å²) in [6.07, 6.45) is 5.58. The van der Waals surface area contributed by atoms with Gasteiger partial charge in [0.05, 0.1) is 5.52 Å². The molecule has 3 heterocycles. The fraction of sp³-hybridized carbons (Fsp3) is 0.105. The Morgan fingerprint density at radius 1 is 1.00 bits per heavy atom. The third-order valence-corrected chi connectivity index (χ3v) is 4.30. The van der Waals surface area contributed by atoms with Gasteiger partial charge < -0.3 is 14.0 Å². The molecule has 0 amide bonds. The van der Waals surface area contributed by atoms with E-state index in [0.717, 1.165) is 39.5 Å². The molecular formula is C19H14N4O2. The van der Waals surface area contributed by atoms with Gasteiger partial charge >= 0.3 is 0 Å². The van der Waals surface area contributed by atoms with E-state index in [4.69, 9.17) is 9.47 Å². The first-order valence-corrected chi connectivity index (χ1v) is 7.95. The van der Waals surface area contributed by atoms with Gasteiger partial charge in [-0.1, -0.05) is 0 Å². The van der Waals surface area contributed by atoms with E-state index < -0.39 is 0 Å². The Morgan fingerprint density at radius 2 is 1.92 bits per heavy atom. The van der Waals surface area contributed by atoms with E-state index in [2.05, 4.69) is 21.0 Å².